The van der Waals surface area contributed by atoms with E-state index >= 15 is 0 Å². The monoisotopic (exact) mass is 365 g/mol. The first-order valence-corrected chi connectivity index (χ1v) is 8.82. The van der Waals surface area contributed by atoms with Crippen molar-refractivity contribution in [2.75, 3.05) is 0 Å². The third-order valence-electron chi connectivity index (χ3n) is 3.25. The Kier molecular flexibility index (Phi) is 5.15. The molecule has 0 atom stereocenters. The van der Waals surface area contributed by atoms with Gasteiger partial charge >= 0.3 is 0 Å². The van der Waals surface area contributed by atoms with Crippen molar-refractivity contribution in [3.05, 3.63) is 75.5 Å². The van der Waals surface area contributed by atoms with Gasteiger partial charge in [-0.2, -0.15) is 5.10 Å². The van der Waals surface area contributed by atoms with Gasteiger partial charge in [0.25, 0.3) is 0 Å². The minimum atomic E-state index is -0.453. The Morgan fingerprint density at radius 2 is 1.96 bits per heavy atom. The lowest BCUT2D eigenvalue weighted by atomic mass is 10.2. The first-order valence-electron chi connectivity index (χ1n) is 6.88. The fraction of sp³-hybridized carbons (Fsp3) is 0.125. The first-order chi connectivity index (χ1) is 11.1. The molecule has 3 rings (SSSR count). The number of H-pyrrole nitrogens is 1. The van der Waals surface area contributed by atoms with E-state index in [-0.39, 0.29) is 5.02 Å². The van der Waals surface area contributed by atoms with Crippen molar-refractivity contribution in [2.24, 2.45) is 0 Å². The second-order valence-corrected chi connectivity index (χ2v) is 6.64. The molecule has 0 fully saturated rings. The topological polar surface area (TPSA) is 33.6 Å². The van der Waals surface area contributed by atoms with Gasteiger partial charge in [0.2, 0.25) is 0 Å². The summed E-state index contributed by atoms with van der Waals surface area (Å²) in [6.07, 6.45) is 0. The smallest absolute Gasteiger partial charge is 0.199 e. The number of nitrogens with one attached hydrogen (secondary N) is 1. The number of hydrogen-bond donors (Lipinski definition) is 1. The van der Waals surface area contributed by atoms with Crippen molar-refractivity contribution in [2.45, 2.75) is 11.5 Å². The summed E-state index contributed by atoms with van der Waals surface area (Å²) in [5.41, 5.74) is 1.95. The highest BCUT2D eigenvalue weighted by atomic mass is 35.5. The highest BCUT2D eigenvalue weighted by Crippen LogP contribution is 2.22. The average Bonchev–Trinajstić information content (AvgIpc) is 2.92. The summed E-state index contributed by atoms with van der Waals surface area (Å²) in [7, 11) is 0. The lowest BCUT2D eigenvalue weighted by Crippen LogP contribution is -2.01. The van der Waals surface area contributed by atoms with Crippen LogP contribution in [0, 0.1) is 10.6 Å². The van der Waals surface area contributed by atoms with Crippen molar-refractivity contribution in [3.8, 4) is 5.69 Å². The maximum absolute atomic E-state index is 13.3. The van der Waals surface area contributed by atoms with Crippen LogP contribution in [0.25, 0.3) is 5.69 Å². The van der Waals surface area contributed by atoms with Crippen molar-refractivity contribution in [1.29, 1.82) is 0 Å². The predicted octanol–water partition coefficient (Wildman–Crippen LogP) is 5.16. The maximum Gasteiger partial charge on any atom is 0.199 e. The van der Waals surface area contributed by atoms with E-state index in [1.54, 1.807) is 28.5 Å². The molecular formula is C16H13ClFN3S2. The summed E-state index contributed by atoms with van der Waals surface area (Å²) in [6.45, 7) is 0. The van der Waals surface area contributed by atoms with E-state index in [2.05, 4.69) is 22.3 Å². The minimum absolute atomic E-state index is 0.0634. The van der Waals surface area contributed by atoms with Gasteiger partial charge in [0, 0.05) is 5.75 Å². The van der Waals surface area contributed by atoms with Gasteiger partial charge in [-0.05, 0) is 36.0 Å². The Morgan fingerprint density at radius 3 is 2.70 bits per heavy atom. The lowest BCUT2D eigenvalue weighted by Gasteiger charge is -2.07. The molecule has 2 aromatic carbocycles. The third kappa shape index (κ3) is 3.83. The number of nitrogens with zero attached hydrogens (tertiary/aromatic N) is 2. The zero-order valence-corrected chi connectivity index (χ0v) is 14.4. The zero-order valence-electron chi connectivity index (χ0n) is 12.0. The summed E-state index contributed by atoms with van der Waals surface area (Å²) in [5.74, 6) is 1.88. The Balaban J connectivity index is 1.79. The molecule has 0 saturated carbocycles. The van der Waals surface area contributed by atoms with Crippen LogP contribution in [0.5, 0.6) is 0 Å². The lowest BCUT2D eigenvalue weighted by molar-refractivity contribution is 0.627. The second kappa shape index (κ2) is 7.29. The van der Waals surface area contributed by atoms with Crippen molar-refractivity contribution >= 4 is 35.6 Å². The molecule has 1 heterocycles. The van der Waals surface area contributed by atoms with Crippen LogP contribution in [0.2, 0.25) is 5.02 Å². The Hall–Kier alpha value is -1.63. The number of hydrogen-bond acceptors (Lipinski definition) is 3. The Bertz CT molecular complexity index is 861. The molecule has 1 aromatic heterocycles. The number of aromatic nitrogens is 3. The molecule has 0 saturated heterocycles. The molecule has 0 unspecified atom stereocenters. The zero-order chi connectivity index (χ0) is 16.2. The van der Waals surface area contributed by atoms with Gasteiger partial charge in [-0.15, -0.1) is 11.8 Å². The molecule has 7 heteroatoms. The second-order valence-electron chi connectivity index (χ2n) is 4.86. The predicted molar refractivity (Wildman–Crippen MR) is 95.2 cm³/mol. The van der Waals surface area contributed by atoms with Crippen LogP contribution in [0.4, 0.5) is 4.39 Å². The van der Waals surface area contributed by atoms with Crippen molar-refractivity contribution in [3.63, 3.8) is 0 Å². The molecule has 0 bridgehead atoms. The Morgan fingerprint density at radius 1 is 1.17 bits per heavy atom. The molecule has 0 aliphatic rings. The van der Waals surface area contributed by atoms with Crippen LogP contribution in [0.3, 0.4) is 0 Å². The molecule has 0 aliphatic carbocycles. The Labute approximate surface area is 147 Å². The molecular weight excluding hydrogens is 353 g/mol. The average molecular weight is 366 g/mol. The standard InChI is InChI=1S/C16H13ClFN3S2/c17-13-8-12(6-7-14(13)18)21-15(19-20-16(21)22)10-23-9-11-4-2-1-3-5-11/h1-8H,9-10H2,(H,20,22). The van der Waals surface area contributed by atoms with E-state index in [0.29, 0.717) is 16.2 Å². The number of halogens is 2. The van der Waals surface area contributed by atoms with Gasteiger partial charge < -0.3 is 0 Å². The minimum Gasteiger partial charge on any atom is -0.271 e. The molecule has 118 valence electrons. The van der Waals surface area contributed by atoms with E-state index in [0.717, 1.165) is 11.6 Å². The van der Waals surface area contributed by atoms with Gasteiger partial charge in [0.1, 0.15) is 11.6 Å². The van der Waals surface area contributed by atoms with E-state index < -0.39 is 5.82 Å². The third-order valence-corrected chi connectivity index (χ3v) is 4.81. The highest BCUT2D eigenvalue weighted by molar-refractivity contribution is 7.97. The first kappa shape index (κ1) is 16.2. The highest BCUT2D eigenvalue weighted by Gasteiger charge is 2.10. The normalized spacial score (nSPS) is 10.9. The molecule has 3 nitrogen and oxygen atoms in total. The van der Waals surface area contributed by atoms with Crippen molar-refractivity contribution in [1.82, 2.24) is 14.8 Å². The van der Waals surface area contributed by atoms with Gasteiger partial charge in [-0.1, -0.05) is 41.9 Å². The number of rotatable bonds is 5. The SMILES string of the molecule is Fc1ccc(-n2c(CSCc3ccccc3)n[nH]c2=S)cc1Cl. The van der Waals surface area contributed by atoms with E-state index in [1.165, 1.54) is 11.6 Å². The van der Waals surface area contributed by atoms with Gasteiger partial charge in [0.05, 0.1) is 16.5 Å². The molecule has 0 spiro atoms. The van der Waals surface area contributed by atoms with E-state index in [4.69, 9.17) is 23.8 Å². The number of benzene rings is 2. The summed E-state index contributed by atoms with van der Waals surface area (Å²) in [5, 5.41) is 7.11. The van der Waals surface area contributed by atoms with E-state index in [1.807, 2.05) is 18.2 Å². The van der Waals surface area contributed by atoms with E-state index in [9.17, 15) is 4.39 Å². The molecule has 23 heavy (non-hydrogen) atoms. The van der Waals surface area contributed by atoms with Crippen LogP contribution in [-0.2, 0) is 11.5 Å². The van der Waals surface area contributed by atoms with Crippen LogP contribution in [0.15, 0.2) is 48.5 Å². The van der Waals surface area contributed by atoms with Gasteiger partial charge in [-0.25, -0.2) is 4.39 Å². The number of thioether (sulfide) groups is 1. The van der Waals surface area contributed by atoms with Crippen LogP contribution < -0.4 is 0 Å². The van der Waals surface area contributed by atoms with Gasteiger partial charge in [0.15, 0.2) is 4.77 Å². The number of aromatic amines is 1. The summed E-state index contributed by atoms with van der Waals surface area (Å²) >= 11 is 12.9. The fourth-order valence-electron chi connectivity index (χ4n) is 2.15. The van der Waals surface area contributed by atoms with Crippen LogP contribution in [0.1, 0.15) is 11.4 Å². The molecule has 0 radical (unpaired) electrons. The molecule has 0 aliphatic heterocycles. The summed E-state index contributed by atoms with van der Waals surface area (Å²) in [4.78, 5) is 0. The fourth-order valence-corrected chi connectivity index (χ4v) is 3.49. The molecule has 3 aromatic rings. The quantitative estimate of drug-likeness (QED) is 0.634. The summed E-state index contributed by atoms with van der Waals surface area (Å²) in [6, 6.07) is 14.7. The maximum atomic E-state index is 13.3. The van der Waals surface area contributed by atoms with Crippen molar-refractivity contribution < 1.29 is 4.39 Å². The summed E-state index contributed by atoms with van der Waals surface area (Å²) < 4.78 is 15.6. The molecule has 1 N–H and O–H groups in total. The van der Waals surface area contributed by atoms with Crippen LogP contribution >= 0.6 is 35.6 Å². The van der Waals surface area contributed by atoms with Gasteiger partial charge in [-0.3, -0.25) is 9.67 Å². The molecule has 0 amide bonds. The largest absolute Gasteiger partial charge is 0.271 e. The van der Waals surface area contributed by atoms with Crippen LogP contribution in [-0.4, -0.2) is 14.8 Å².